The number of benzene rings is 4. The van der Waals surface area contributed by atoms with Crippen molar-refractivity contribution in [1.82, 2.24) is 0 Å². The van der Waals surface area contributed by atoms with Crippen molar-refractivity contribution in [3.8, 4) is 22.3 Å². The van der Waals surface area contributed by atoms with Crippen LogP contribution in [0.1, 0.15) is 46.2 Å². The summed E-state index contributed by atoms with van der Waals surface area (Å²) in [6.07, 6.45) is 3.13. The molecule has 0 radical (unpaired) electrons. The molecule has 2 nitrogen and oxygen atoms in total. The Morgan fingerprint density at radius 3 is 1.47 bits per heavy atom. The molecule has 4 aromatic carbocycles. The van der Waals surface area contributed by atoms with Gasteiger partial charge in [0.2, 0.25) is 0 Å². The van der Waals surface area contributed by atoms with Gasteiger partial charge in [-0.05, 0) is 81.3 Å². The molecule has 0 saturated heterocycles. The Balaban J connectivity index is 0.00000120. The number of fused-ring (bicyclic) bond motifs is 6. The second-order valence-electron chi connectivity index (χ2n) is 9.40. The molecule has 0 atom stereocenters. The molecular formula is C31H30Cl2O2Zr. The van der Waals surface area contributed by atoms with E-state index in [0.29, 0.717) is 12.8 Å². The van der Waals surface area contributed by atoms with Crippen molar-refractivity contribution >= 4 is 24.8 Å². The van der Waals surface area contributed by atoms with Crippen LogP contribution in [-0.2, 0) is 44.5 Å². The molecule has 0 fully saturated rings. The maximum Gasteiger partial charge on any atom is 0.0568 e. The molecule has 4 aromatic rings. The van der Waals surface area contributed by atoms with Crippen LogP contribution >= 0.6 is 24.8 Å². The Morgan fingerprint density at radius 2 is 1.03 bits per heavy atom. The van der Waals surface area contributed by atoms with Crippen molar-refractivity contribution in [2.45, 2.75) is 31.1 Å². The fourth-order valence-electron chi connectivity index (χ4n) is 6.26. The molecule has 0 aliphatic heterocycles. The molecule has 2 aliphatic rings. The molecule has 5 heteroatoms. The van der Waals surface area contributed by atoms with Gasteiger partial charge in [0.05, 0.1) is 6.61 Å². The van der Waals surface area contributed by atoms with Crippen LogP contribution in [0.3, 0.4) is 0 Å². The van der Waals surface area contributed by atoms with Crippen LogP contribution in [0.4, 0.5) is 0 Å². The molecule has 0 aromatic heterocycles. The largest absolute Gasteiger partial charge is 0.396 e. The third-order valence-corrected chi connectivity index (χ3v) is 7.76. The summed E-state index contributed by atoms with van der Waals surface area (Å²) in [6, 6.07) is 30.4. The molecule has 0 spiro atoms. The Kier molecular flexibility index (Phi) is 9.42. The number of rotatable bonds is 6. The minimum absolute atomic E-state index is 0. The molecule has 0 bridgehead atoms. The first-order chi connectivity index (χ1) is 16.3. The van der Waals surface area contributed by atoms with E-state index in [-0.39, 0.29) is 64.2 Å². The summed E-state index contributed by atoms with van der Waals surface area (Å²) in [7, 11) is 0. The molecule has 184 valence electrons. The summed E-state index contributed by atoms with van der Waals surface area (Å²) in [6.45, 7) is 0.138. The van der Waals surface area contributed by atoms with Crippen LogP contribution in [0, 0.1) is 0 Å². The summed E-state index contributed by atoms with van der Waals surface area (Å²) >= 11 is 0. The average molecular weight is 597 g/mol. The second-order valence-corrected chi connectivity index (χ2v) is 9.40. The molecule has 0 unspecified atom stereocenters. The fraction of sp³-hybridized carbons (Fsp3) is 0.226. The third-order valence-electron chi connectivity index (χ3n) is 7.76. The third kappa shape index (κ3) is 4.44. The van der Waals surface area contributed by atoms with Crippen molar-refractivity contribution < 1.29 is 36.4 Å². The summed E-state index contributed by atoms with van der Waals surface area (Å²) in [5.41, 5.74) is 12.3. The van der Waals surface area contributed by atoms with E-state index in [9.17, 15) is 10.2 Å². The van der Waals surface area contributed by atoms with Crippen LogP contribution < -0.4 is 0 Å². The first-order valence-electron chi connectivity index (χ1n) is 11.9. The van der Waals surface area contributed by atoms with Crippen molar-refractivity contribution in [3.63, 3.8) is 0 Å². The summed E-state index contributed by atoms with van der Waals surface area (Å²) in [5.74, 6) is 0. The Morgan fingerprint density at radius 1 is 0.583 bits per heavy atom. The van der Waals surface area contributed by atoms with Gasteiger partial charge in [0.15, 0.2) is 0 Å². The van der Waals surface area contributed by atoms with Gasteiger partial charge < -0.3 is 10.2 Å². The van der Waals surface area contributed by atoms with E-state index in [4.69, 9.17) is 0 Å². The number of hydrogen-bond acceptors (Lipinski definition) is 2. The Bertz CT molecular complexity index is 1270. The Hall–Kier alpha value is -1.74. The summed E-state index contributed by atoms with van der Waals surface area (Å²) < 4.78 is 0. The van der Waals surface area contributed by atoms with Crippen molar-refractivity contribution in [2.75, 3.05) is 13.2 Å². The minimum atomic E-state index is -0.552. The normalized spacial score (nSPS) is 12.3. The number of hydrogen-bond donors (Lipinski definition) is 2. The smallest absolute Gasteiger partial charge is 0.0568 e. The quantitative estimate of drug-likeness (QED) is 0.224. The fourth-order valence-corrected chi connectivity index (χ4v) is 6.26. The average Bonchev–Trinajstić information content (AvgIpc) is 3.44. The predicted octanol–water partition coefficient (Wildman–Crippen LogP) is 6.72. The van der Waals surface area contributed by atoms with Crippen molar-refractivity contribution in [2.24, 2.45) is 0 Å². The molecule has 0 saturated carbocycles. The van der Waals surface area contributed by atoms with E-state index < -0.39 is 5.41 Å². The molecule has 0 heterocycles. The number of halogens is 2. The van der Waals surface area contributed by atoms with Gasteiger partial charge in [-0.3, -0.25) is 0 Å². The minimum Gasteiger partial charge on any atom is -0.396 e. The molecule has 36 heavy (non-hydrogen) atoms. The maximum absolute atomic E-state index is 11.1. The van der Waals surface area contributed by atoms with Crippen molar-refractivity contribution in [3.05, 3.63) is 118 Å². The van der Waals surface area contributed by atoms with E-state index >= 15 is 0 Å². The van der Waals surface area contributed by atoms with Gasteiger partial charge in [-0.1, -0.05) is 84.9 Å². The van der Waals surface area contributed by atoms with Crippen LogP contribution in [0.25, 0.3) is 22.3 Å². The monoisotopic (exact) mass is 594 g/mol. The maximum atomic E-state index is 11.1. The first kappa shape index (κ1) is 28.8. The standard InChI is InChI=1S/C31H28O2.2ClH.Zr/c32-17-7-16-31(20-33,29-14-5-12-25-23-10-3-1-8-21(23)18-27(25)29)30-15-6-13-26-24-11-4-2-9-22(24)19-28(26)30;;;/h1-6,8-15,32-33H,7,16-20H2;2*1H;. The second kappa shape index (κ2) is 11.8. The number of aliphatic hydroxyl groups excluding tert-OH is 2. The van der Waals surface area contributed by atoms with Crippen LogP contribution in [-0.4, -0.2) is 23.4 Å². The molecule has 2 N–H and O–H groups in total. The van der Waals surface area contributed by atoms with Gasteiger partial charge in [-0.2, -0.15) is 0 Å². The number of aliphatic hydroxyl groups is 2. The van der Waals surface area contributed by atoms with Gasteiger partial charge in [-0.25, -0.2) is 0 Å². The van der Waals surface area contributed by atoms with E-state index in [2.05, 4.69) is 84.9 Å². The van der Waals surface area contributed by atoms with Gasteiger partial charge in [0.25, 0.3) is 0 Å². The topological polar surface area (TPSA) is 40.5 Å². The van der Waals surface area contributed by atoms with E-state index in [0.717, 1.165) is 12.8 Å². The zero-order chi connectivity index (χ0) is 22.4. The zero-order valence-corrected chi connectivity index (χ0v) is 24.1. The van der Waals surface area contributed by atoms with Crippen LogP contribution in [0.15, 0.2) is 84.9 Å². The predicted molar refractivity (Wildman–Crippen MR) is 148 cm³/mol. The van der Waals surface area contributed by atoms with Gasteiger partial charge in [0, 0.05) is 38.2 Å². The first-order valence-corrected chi connectivity index (χ1v) is 11.9. The van der Waals surface area contributed by atoms with Crippen LogP contribution in [0.5, 0.6) is 0 Å². The summed E-state index contributed by atoms with van der Waals surface area (Å²) in [4.78, 5) is 0. The van der Waals surface area contributed by atoms with Crippen LogP contribution in [0.2, 0.25) is 0 Å². The molecule has 6 rings (SSSR count). The van der Waals surface area contributed by atoms with E-state index in [1.54, 1.807) is 0 Å². The molecular weight excluding hydrogens is 566 g/mol. The SMILES string of the molecule is Cl.Cl.OCCCC(CO)(c1cccc2c1Cc1ccccc1-2)c1cccc2c1Cc1ccccc1-2.[Zr]. The summed E-state index contributed by atoms with van der Waals surface area (Å²) in [5, 5.41) is 20.9. The Labute approximate surface area is 244 Å². The van der Waals surface area contributed by atoms with Gasteiger partial charge in [-0.15, -0.1) is 24.8 Å². The molecule has 0 amide bonds. The van der Waals surface area contributed by atoms with Crippen molar-refractivity contribution in [1.29, 1.82) is 0 Å². The van der Waals surface area contributed by atoms with E-state index in [1.807, 2.05) is 0 Å². The van der Waals surface area contributed by atoms with Gasteiger partial charge in [0.1, 0.15) is 0 Å². The van der Waals surface area contributed by atoms with Gasteiger partial charge >= 0.3 is 0 Å². The van der Waals surface area contributed by atoms with E-state index in [1.165, 1.54) is 55.6 Å². The molecule has 2 aliphatic carbocycles. The zero-order valence-electron chi connectivity index (χ0n) is 20.0.